The van der Waals surface area contributed by atoms with Crippen molar-refractivity contribution >= 4 is 0 Å². The van der Waals surface area contributed by atoms with E-state index in [2.05, 4.69) is 81.1 Å². The van der Waals surface area contributed by atoms with Crippen LogP contribution in [0.15, 0.2) is 48.5 Å². The average molecular weight is 295 g/mol. The lowest BCUT2D eigenvalue weighted by atomic mass is 10.0. The number of rotatable bonds is 7. The standard InChI is InChI=1S/C21H29N/c1-5-18-7-9-19(10-8-18)15-22(6-2)16-20-11-13-21(14-12-20)17(3)4/h7-14,17H,5-6,15-16H2,1-4H3. The van der Waals surface area contributed by atoms with Gasteiger partial charge in [-0.3, -0.25) is 4.90 Å². The lowest BCUT2D eigenvalue weighted by Gasteiger charge is -2.21. The molecule has 2 aromatic carbocycles. The van der Waals surface area contributed by atoms with Crippen molar-refractivity contribution in [3.8, 4) is 0 Å². The first-order chi connectivity index (χ1) is 10.6. The van der Waals surface area contributed by atoms with Crippen molar-refractivity contribution in [3.63, 3.8) is 0 Å². The van der Waals surface area contributed by atoms with Crippen molar-refractivity contribution in [2.45, 2.75) is 53.1 Å². The molecule has 0 amide bonds. The van der Waals surface area contributed by atoms with E-state index in [4.69, 9.17) is 0 Å². The van der Waals surface area contributed by atoms with Gasteiger partial charge in [-0.15, -0.1) is 0 Å². The van der Waals surface area contributed by atoms with Gasteiger partial charge in [0.25, 0.3) is 0 Å². The second-order valence-corrected chi connectivity index (χ2v) is 6.37. The molecule has 0 aliphatic rings. The molecular weight excluding hydrogens is 266 g/mol. The molecule has 0 aromatic heterocycles. The maximum atomic E-state index is 2.49. The van der Waals surface area contributed by atoms with Crippen LogP contribution in [0, 0.1) is 0 Å². The van der Waals surface area contributed by atoms with Gasteiger partial charge in [-0.1, -0.05) is 76.2 Å². The van der Waals surface area contributed by atoms with E-state index in [-0.39, 0.29) is 0 Å². The summed E-state index contributed by atoms with van der Waals surface area (Å²) in [5.74, 6) is 0.605. The summed E-state index contributed by atoms with van der Waals surface area (Å²) in [6.45, 7) is 12.0. The Morgan fingerprint density at radius 3 is 1.59 bits per heavy atom. The van der Waals surface area contributed by atoms with E-state index in [9.17, 15) is 0 Å². The van der Waals surface area contributed by atoms with Crippen LogP contribution in [0.3, 0.4) is 0 Å². The van der Waals surface area contributed by atoms with Crippen LogP contribution in [-0.4, -0.2) is 11.4 Å². The van der Waals surface area contributed by atoms with Crippen molar-refractivity contribution in [2.75, 3.05) is 6.54 Å². The number of hydrogen-bond acceptors (Lipinski definition) is 1. The molecule has 0 spiro atoms. The quantitative estimate of drug-likeness (QED) is 0.661. The third-order valence-electron chi connectivity index (χ3n) is 4.34. The molecule has 118 valence electrons. The zero-order chi connectivity index (χ0) is 15.9. The fourth-order valence-electron chi connectivity index (χ4n) is 2.68. The lowest BCUT2D eigenvalue weighted by Crippen LogP contribution is -2.22. The second-order valence-electron chi connectivity index (χ2n) is 6.37. The van der Waals surface area contributed by atoms with Gasteiger partial charge < -0.3 is 0 Å². The predicted octanol–water partition coefficient (Wildman–Crippen LogP) is 5.39. The Bertz CT molecular complexity index is 551. The fourth-order valence-corrected chi connectivity index (χ4v) is 2.68. The molecule has 0 saturated heterocycles. The molecule has 0 saturated carbocycles. The van der Waals surface area contributed by atoms with Gasteiger partial charge in [-0.25, -0.2) is 0 Å². The SMILES string of the molecule is CCc1ccc(CN(CC)Cc2ccc(C(C)C)cc2)cc1. The Morgan fingerprint density at radius 2 is 1.18 bits per heavy atom. The number of aryl methyl sites for hydroxylation is 1. The smallest absolute Gasteiger partial charge is 0.0237 e. The van der Waals surface area contributed by atoms with E-state index in [1.807, 2.05) is 0 Å². The first-order valence-electron chi connectivity index (χ1n) is 8.51. The van der Waals surface area contributed by atoms with E-state index >= 15 is 0 Å². The molecule has 0 bridgehead atoms. The minimum atomic E-state index is 0.605. The molecular formula is C21H29N. The van der Waals surface area contributed by atoms with Gasteiger partial charge in [0.2, 0.25) is 0 Å². The number of benzene rings is 2. The zero-order valence-electron chi connectivity index (χ0n) is 14.5. The van der Waals surface area contributed by atoms with Crippen molar-refractivity contribution < 1.29 is 0 Å². The largest absolute Gasteiger partial charge is 0.295 e. The van der Waals surface area contributed by atoms with Gasteiger partial charge in [-0.05, 0) is 41.1 Å². The molecule has 0 unspecified atom stereocenters. The summed E-state index contributed by atoms with van der Waals surface area (Å²) in [6.07, 6.45) is 1.11. The predicted molar refractivity (Wildman–Crippen MR) is 96.1 cm³/mol. The van der Waals surface area contributed by atoms with Gasteiger partial charge >= 0.3 is 0 Å². The molecule has 0 N–H and O–H groups in total. The summed E-state index contributed by atoms with van der Waals surface area (Å²) in [7, 11) is 0. The Labute approximate surface area is 136 Å². The van der Waals surface area contributed by atoms with Gasteiger partial charge in [0.15, 0.2) is 0 Å². The van der Waals surface area contributed by atoms with Gasteiger partial charge in [0, 0.05) is 13.1 Å². The topological polar surface area (TPSA) is 3.24 Å². The first-order valence-corrected chi connectivity index (χ1v) is 8.51. The summed E-state index contributed by atoms with van der Waals surface area (Å²) in [5.41, 5.74) is 5.63. The van der Waals surface area contributed by atoms with Crippen LogP contribution in [0.25, 0.3) is 0 Å². The van der Waals surface area contributed by atoms with Crippen molar-refractivity contribution in [1.29, 1.82) is 0 Å². The fraction of sp³-hybridized carbons (Fsp3) is 0.429. The van der Waals surface area contributed by atoms with E-state index < -0.39 is 0 Å². The third kappa shape index (κ3) is 4.71. The summed E-state index contributed by atoms with van der Waals surface area (Å²) in [6, 6.07) is 18.1. The van der Waals surface area contributed by atoms with Crippen LogP contribution in [-0.2, 0) is 19.5 Å². The van der Waals surface area contributed by atoms with E-state index in [1.165, 1.54) is 22.3 Å². The Balaban J connectivity index is 1.98. The zero-order valence-corrected chi connectivity index (χ0v) is 14.5. The van der Waals surface area contributed by atoms with Crippen LogP contribution in [0.1, 0.15) is 55.9 Å². The molecule has 2 rings (SSSR count). The highest BCUT2D eigenvalue weighted by Gasteiger charge is 2.06. The molecule has 1 nitrogen and oxygen atoms in total. The van der Waals surface area contributed by atoms with Crippen LogP contribution in [0.4, 0.5) is 0 Å². The van der Waals surface area contributed by atoms with Crippen molar-refractivity contribution in [2.24, 2.45) is 0 Å². The molecule has 2 aromatic rings. The molecule has 0 fully saturated rings. The normalized spacial score (nSPS) is 11.4. The monoisotopic (exact) mass is 295 g/mol. The third-order valence-corrected chi connectivity index (χ3v) is 4.34. The molecule has 1 heteroatoms. The summed E-state index contributed by atoms with van der Waals surface area (Å²) < 4.78 is 0. The molecule has 0 aliphatic heterocycles. The molecule has 0 radical (unpaired) electrons. The summed E-state index contributed by atoms with van der Waals surface area (Å²) in [5, 5.41) is 0. The maximum absolute atomic E-state index is 2.49. The molecule has 0 atom stereocenters. The minimum Gasteiger partial charge on any atom is -0.295 e. The minimum absolute atomic E-state index is 0.605. The summed E-state index contributed by atoms with van der Waals surface area (Å²) in [4.78, 5) is 2.49. The number of nitrogens with zero attached hydrogens (tertiary/aromatic N) is 1. The first kappa shape index (κ1) is 16.8. The van der Waals surface area contributed by atoms with Gasteiger partial charge in [-0.2, -0.15) is 0 Å². The van der Waals surface area contributed by atoms with Crippen LogP contribution in [0.5, 0.6) is 0 Å². The van der Waals surface area contributed by atoms with Crippen molar-refractivity contribution in [1.82, 2.24) is 4.90 Å². The molecule has 0 heterocycles. The highest BCUT2D eigenvalue weighted by Crippen LogP contribution is 2.16. The van der Waals surface area contributed by atoms with Gasteiger partial charge in [0.05, 0.1) is 0 Å². The molecule has 0 aliphatic carbocycles. The lowest BCUT2D eigenvalue weighted by molar-refractivity contribution is 0.271. The van der Waals surface area contributed by atoms with Crippen molar-refractivity contribution in [3.05, 3.63) is 70.8 Å². The average Bonchev–Trinajstić information content (AvgIpc) is 2.55. The highest BCUT2D eigenvalue weighted by molar-refractivity contribution is 5.25. The van der Waals surface area contributed by atoms with Crippen LogP contribution >= 0.6 is 0 Å². The highest BCUT2D eigenvalue weighted by atomic mass is 15.1. The van der Waals surface area contributed by atoms with Crippen LogP contribution in [0.2, 0.25) is 0 Å². The molecule has 22 heavy (non-hydrogen) atoms. The summed E-state index contributed by atoms with van der Waals surface area (Å²) >= 11 is 0. The Hall–Kier alpha value is -1.60. The Kier molecular flexibility index (Phi) is 6.21. The van der Waals surface area contributed by atoms with E-state index in [0.717, 1.165) is 26.1 Å². The van der Waals surface area contributed by atoms with Gasteiger partial charge in [0.1, 0.15) is 0 Å². The maximum Gasteiger partial charge on any atom is 0.0237 e. The van der Waals surface area contributed by atoms with E-state index in [1.54, 1.807) is 0 Å². The number of hydrogen-bond donors (Lipinski definition) is 0. The second kappa shape index (κ2) is 8.14. The Morgan fingerprint density at radius 1 is 0.727 bits per heavy atom. The van der Waals surface area contributed by atoms with E-state index in [0.29, 0.717) is 5.92 Å². The van der Waals surface area contributed by atoms with Crippen LogP contribution < -0.4 is 0 Å².